The van der Waals surface area contributed by atoms with Gasteiger partial charge in [0.05, 0.1) is 13.2 Å². The third-order valence-electron chi connectivity index (χ3n) is 2.71. The number of hydrogen-bond acceptors (Lipinski definition) is 4. The highest BCUT2D eigenvalue weighted by Gasteiger charge is 2.12. The molecule has 0 heterocycles. The van der Waals surface area contributed by atoms with Gasteiger partial charge < -0.3 is 19.9 Å². The summed E-state index contributed by atoms with van der Waals surface area (Å²) >= 11 is 0. The zero-order chi connectivity index (χ0) is 16.7. The number of carboxylic acids is 1. The lowest BCUT2D eigenvalue weighted by Crippen LogP contribution is -2.37. The SMILES string of the molecule is COc1cc(/C=C/C(=O)N[C@H](C)C(=O)O)ccc1OC(C)C. The summed E-state index contributed by atoms with van der Waals surface area (Å²) in [5.74, 6) is -0.372. The summed E-state index contributed by atoms with van der Waals surface area (Å²) in [6.45, 7) is 5.23. The Hall–Kier alpha value is -2.50. The number of hydrogen-bond donors (Lipinski definition) is 2. The summed E-state index contributed by atoms with van der Waals surface area (Å²) < 4.78 is 10.9. The summed E-state index contributed by atoms with van der Waals surface area (Å²) in [7, 11) is 1.54. The fourth-order valence-electron chi connectivity index (χ4n) is 1.63. The average molecular weight is 307 g/mol. The minimum atomic E-state index is -1.08. The van der Waals surface area contributed by atoms with Gasteiger partial charge in [-0.3, -0.25) is 9.59 Å². The van der Waals surface area contributed by atoms with Crippen LogP contribution in [0.3, 0.4) is 0 Å². The first-order valence-electron chi connectivity index (χ1n) is 6.89. The average Bonchev–Trinajstić information content (AvgIpc) is 2.45. The van der Waals surface area contributed by atoms with Gasteiger partial charge in [-0.25, -0.2) is 0 Å². The van der Waals surface area contributed by atoms with Gasteiger partial charge in [-0.05, 0) is 44.5 Å². The highest BCUT2D eigenvalue weighted by atomic mass is 16.5. The van der Waals surface area contributed by atoms with E-state index in [4.69, 9.17) is 14.6 Å². The highest BCUT2D eigenvalue weighted by molar-refractivity contribution is 5.94. The molecule has 0 unspecified atom stereocenters. The number of carboxylic acid groups (broad SMARTS) is 1. The molecule has 1 aromatic carbocycles. The van der Waals surface area contributed by atoms with Gasteiger partial charge in [0.15, 0.2) is 11.5 Å². The maximum atomic E-state index is 11.6. The van der Waals surface area contributed by atoms with Gasteiger partial charge in [0.1, 0.15) is 6.04 Å². The van der Waals surface area contributed by atoms with Crippen LogP contribution in [0.25, 0.3) is 6.08 Å². The first-order valence-corrected chi connectivity index (χ1v) is 6.89. The molecule has 0 saturated carbocycles. The Morgan fingerprint density at radius 2 is 1.91 bits per heavy atom. The molecule has 1 atom stereocenters. The van der Waals surface area contributed by atoms with E-state index >= 15 is 0 Å². The van der Waals surface area contributed by atoms with Crippen LogP contribution in [0.15, 0.2) is 24.3 Å². The second-order valence-corrected chi connectivity index (χ2v) is 4.98. The molecule has 0 saturated heterocycles. The lowest BCUT2D eigenvalue weighted by molar-refractivity contribution is -0.140. The number of amides is 1. The number of methoxy groups -OCH3 is 1. The van der Waals surface area contributed by atoms with Crippen molar-refractivity contribution >= 4 is 18.0 Å². The second-order valence-electron chi connectivity index (χ2n) is 4.98. The summed E-state index contributed by atoms with van der Waals surface area (Å²) in [4.78, 5) is 22.2. The first kappa shape index (κ1) is 17.6. The van der Waals surface area contributed by atoms with Crippen LogP contribution in [-0.4, -0.2) is 36.2 Å². The number of ether oxygens (including phenoxy) is 2. The van der Waals surface area contributed by atoms with Gasteiger partial charge >= 0.3 is 5.97 Å². The molecule has 120 valence electrons. The molecular weight excluding hydrogens is 286 g/mol. The highest BCUT2D eigenvalue weighted by Crippen LogP contribution is 2.29. The van der Waals surface area contributed by atoms with Crippen LogP contribution >= 0.6 is 0 Å². The van der Waals surface area contributed by atoms with Gasteiger partial charge in [-0.2, -0.15) is 0 Å². The summed E-state index contributed by atoms with van der Waals surface area (Å²) in [6.07, 6.45) is 2.88. The van der Waals surface area contributed by atoms with Crippen LogP contribution in [-0.2, 0) is 9.59 Å². The number of carbonyl (C=O) groups is 2. The van der Waals surface area contributed by atoms with Crippen molar-refractivity contribution in [2.75, 3.05) is 7.11 Å². The zero-order valence-corrected chi connectivity index (χ0v) is 13.1. The second kappa shape index (κ2) is 8.07. The van der Waals surface area contributed by atoms with Crippen molar-refractivity contribution in [1.82, 2.24) is 5.32 Å². The molecule has 1 amide bonds. The van der Waals surface area contributed by atoms with Crippen molar-refractivity contribution in [3.05, 3.63) is 29.8 Å². The molecule has 6 heteroatoms. The Labute approximate surface area is 129 Å². The standard InChI is InChI=1S/C16H21NO5/c1-10(2)22-13-7-5-12(9-14(13)21-4)6-8-15(18)17-11(3)16(19)20/h5-11H,1-4H3,(H,17,18)(H,19,20)/b8-6+/t11-/m1/s1. The van der Waals surface area contributed by atoms with Crippen LogP contribution in [0.1, 0.15) is 26.3 Å². The minimum Gasteiger partial charge on any atom is -0.493 e. The summed E-state index contributed by atoms with van der Waals surface area (Å²) in [6, 6.07) is 4.34. The number of aliphatic carboxylic acids is 1. The maximum Gasteiger partial charge on any atom is 0.325 e. The molecule has 6 nitrogen and oxygen atoms in total. The van der Waals surface area contributed by atoms with E-state index in [9.17, 15) is 9.59 Å². The molecule has 0 spiro atoms. The van der Waals surface area contributed by atoms with Crippen LogP contribution < -0.4 is 14.8 Å². The molecule has 0 aliphatic rings. The largest absolute Gasteiger partial charge is 0.493 e. The lowest BCUT2D eigenvalue weighted by Gasteiger charge is -2.13. The van der Waals surface area contributed by atoms with Crippen LogP contribution in [0.5, 0.6) is 11.5 Å². The topological polar surface area (TPSA) is 84.9 Å². The number of benzene rings is 1. The van der Waals surface area contributed by atoms with E-state index in [2.05, 4.69) is 5.32 Å². The normalized spacial score (nSPS) is 12.2. The number of rotatable bonds is 7. The van der Waals surface area contributed by atoms with E-state index < -0.39 is 17.9 Å². The third-order valence-corrected chi connectivity index (χ3v) is 2.71. The predicted molar refractivity (Wildman–Crippen MR) is 83.0 cm³/mol. The number of carbonyl (C=O) groups excluding carboxylic acids is 1. The summed E-state index contributed by atoms with van der Waals surface area (Å²) in [5.41, 5.74) is 0.742. The molecule has 0 radical (unpaired) electrons. The van der Waals surface area contributed by atoms with Crippen molar-refractivity contribution in [2.45, 2.75) is 32.9 Å². The van der Waals surface area contributed by atoms with Gasteiger partial charge in [0.25, 0.3) is 0 Å². The van der Waals surface area contributed by atoms with Crippen molar-refractivity contribution in [3.8, 4) is 11.5 Å². The fourth-order valence-corrected chi connectivity index (χ4v) is 1.63. The van der Waals surface area contributed by atoms with Crippen LogP contribution in [0.2, 0.25) is 0 Å². The van der Waals surface area contributed by atoms with Gasteiger partial charge in [-0.1, -0.05) is 6.07 Å². The molecule has 0 aliphatic carbocycles. The Morgan fingerprint density at radius 1 is 1.23 bits per heavy atom. The monoisotopic (exact) mass is 307 g/mol. The molecule has 0 aliphatic heterocycles. The van der Waals surface area contributed by atoms with E-state index in [1.807, 2.05) is 13.8 Å². The molecular formula is C16H21NO5. The Balaban J connectivity index is 2.79. The molecule has 2 N–H and O–H groups in total. The van der Waals surface area contributed by atoms with E-state index in [1.165, 1.54) is 20.1 Å². The Kier molecular flexibility index (Phi) is 6.44. The quantitative estimate of drug-likeness (QED) is 0.753. The van der Waals surface area contributed by atoms with Crippen molar-refractivity contribution < 1.29 is 24.2 Å². The van der Waals surface area contributed by atoms with Crippen molar-refractivity contribution in [2.24, 2.45) is 0 Å². The maximum absolute atomic E-state index is 11.6. The molecule has 1 aromatic rings. The molecule has 0 bridgehead atoms. The minimum absolute atomic E-state index is 0.0265. The van der Waals surface area contributed by atoms with Crippen LogP contribution in [0, 0.1) is 0 Å². The number of nitrogens with one attached hydrogen (secondary N) is 1. The summed E-state index contributed by atoms with van der Waals surface area (Å²) in [5, 5.41) is 11.1. The Morgan fingerprint density at radius 3 is 2.45 bits per heavy atom. The van der Waals surface area contributed by atoms with Gasteiger partial charge in [0.2, 0.25) is 5.91 Å². The first-order chi connectivity index (χ1) is 10.3. The van der Waals surface area contributed by atoms with E-state index in [0.29, 0.717) is 11.5 Å². The molecule has 0 aromatic heterocycles. The van der Waals surface area contributed by atoms with E-state index in [0.717, 1.165) is 5.56 Å². The predicted octanol–water partition coefficient (Wildman–Crippen LogP) is 2.08. The molecule has 1 rings (SSSR count). The van der Waals surface area contributed by atoms with Gasteiger partial charge in [-0.15, -0.1) is 0 Å². The third kappa shape index (κ3) is 5.47. The smallest absolute Gasteiger partial charge is 0.325 e. The molecule has 0 fully saturated rings. The van der Waals surface area contributed by atoms with Crippen LogP contribution in [0.4, 0.5) is 0 Å². The van der Waals surface area contributed by atoms with E-state index in [-0.39, 0.29) is 6.10 Å². The van der Waals surface area contributed by atoms with Gasteiger partial charge in [0, 0.05) is 6.08 Å². The lowest BCUT2D eigenvalue weighted by atomic mass is 10.2. The van der Waals surface area contributed by atoms with Crippen molar-refractivity contribution in [3.63, 3.8) is 0 Å². The molecule has 22 heavy (non-hydrogen) atoms. The van der Waals surface area contributed by atoms with Crippen molar-refractivity contribution in [1.29, 1.82) is 0 Å². The Bertz CT molecular complexity index is 566. The van der Waals surface area contributed by atoms with E-state index in [1.54, 1.807) is 24.3 Å². The zero-order valence-electron chi connectivity index (χ0n) is 13.1. The fraction of sp³-hybridized carbons (Fsp3) is 0.375.